The molecule has 1 aromatic heterocycles. The van der Waals surface area contributed by atoms with Crippen LogP contribution in [0.15, 0.2) is 5.38 Å². The van der Waals surface area contributed by atoms with Crippen LogP contribution >= 0.6 is 11.3 Å². The lowest BCUT2D eigenvalue weighted by atomic mass is 10.2. The highest BCUT2D eigenvalue weighted by atomic mass is 32.1. The van der Waals surface area contributed by atoms with E-state index in [4.69, 9.17) is 4.74 Å². The first-order valence-electron chi connectivity index (χ1n) is 3.01. The van der Waals surface area contributed by atoms with E-state index in [2.05, 4.69) is 6.07 Å². The van der Waals surface area contributed by atoms with E-state index in [1.807, 2.05) is 5.38 Å². The molecule has 0 bridgehead atoms. The molecule has 0 amide bonds. The van der Waals surface area contributed by atoms with Crippen molar-refractivity contribution in [1.82, 2.24) is 0 Å². The molecule has 2 heterocycles. The molecule has 0 spiro atoms. The van der Waals surface area contributed by atoms with Crippen LogP contribution in [0, 0.1) is 6.07 Å². The fourth-order valence-corrected chi connectivity index (χ4v) is 1.79. The Morgan fingerprint density at radius 1 is 1.67 bits per heavy atom. The molecule has 0 saturated carbocycles. The predicted molar refractivity (Wildman–Crippen MR) is 36.5 cm³/mol. The molecular formula is C7H7OS. The van der Waals surface area contributed by atoms with Crippen molar-refractivity contribution in [3.05, 3.63) is 21.9 Å². The maximum absolute atomic E-state index is 5.24. The van der Waals surface area contributed by atoms with Crippen molar-refractivity contribution in [2.24, 2.45) is 0 Å². The molecule has 0 fully saturated rings. The standard InChI is InChI=1S/C7H7OS/c1-3-8-5-7-6(1)2-4-9-7/h4H,1,3,5H2. The van der Waals surface area contributed by atoms with Gasteiger partial charge in [0.25, 0.3) is 0 Å². The van der Waals surface area contributed by atoms with Crippen molar-refractivity contribution in [3.8, 4) is 0 Å². The van der Waals surface area contributed by atoms with Crippen LogP contribution in [0.1, 0.15) is 10.4 Å². The Bertz CT molecular complexity index is 184. The number of fused-ring (bicyclic) bond motifs is 1. The summed E-state index contributed by atoms with van der Waals surface area (Å²) in [5.41, 5.74) is 1.37. The summed E-state index contributed by atoms with van der Waals surface area (Å²) in [5.74, 6) is 0. The van der Waals surface area contributed by atoms with Crippen molar-refractivity contribution < 1.29 is 4.74 Å². The predicted octanol–water partition coefficient (Wildman–Crippen LogP) is 1.62. The molecule has 47 valence electrons. The number of hydrogen-bond acceptors (Lipinski definition) is 2. The molecule has 2 rings (SSSR count). The van der Waals surface area contributed by atoms with Crippen LogP contribution in [-0.4, -0.2) is 6.61 Å². The zero-order valence-corrected chi connectivity index (χ0v) is 5.83. The molecule has 0 unspecified atom stereocenters. The third kappa shape index (κ3) is 0.884. The van der Waals surface area contributed by atoms with Crippen LogP contribution < -0.4 is 0 Å². The Kier molecular flexibility index (Phi) is 1.28. The third-order valence-electron chi connectivity index (χ3n) is 1.50. The Balaban J connectivity index is 2.39. The lowest BCUT2D eigenvalue weighted by Crippen LogP contribution is -2.05. The number of rotatable bonds is 0. The highest BCUT2D eigenvalue weighted by molar-refractivity contribution is 7.10. The molecule has 1 radical (unpaired) electrons. The smallest absolute Gasteiger partial charge is 0.0812 e. The quantitative estimate of drug-likeness (QED) is 0.530. The van der Waals surface area contributed by atoms with Crippen LogP contribution in [0.2, 0.25) is 0 Å². The van der Waals surface area contributed by atoms with Crippen LogP contribution in [0.5, 0.6) is 0 Å². The van der Waals surface area contributed by atoms with Crippen molar-refractivity contribution >= 4 is 11.3 Å². The first kappa shape index (κ1) is 5.45. The van der Waals surface area contributed by atoms with Gasteiger partial charge < -0.3 is 4.74 Å². The molecule has 0 aliphatic carbocycles. The second-order valence-electron chi connectivity index (χ2n) is 2.08. The third-order valence-corrected chi connectivity index (χ3v) is 2.38. The number of hydrogen-bond donors (Lipinski definition) is 0. The molecule has 0 atom stereocenters. The summed E-state index contributed by atoms with van der Waals surface area (Å²) in [6.45, 7) is 1.68. The minimum Gasteiger partial charge on any atom is -0.376 e. The van der Waals surface area contributed by atoms with Gasteiger partial charge in [-0.05, 0) is 23.4 Å². The van der Waals surface area contributed by atoms with Gasteiger partial charge in [-0.25, -0.2) is 0 Å². The van der Waals surface area contributed by atoms with Gasteiger partial charge >= 0.3 is 0 Å². The van der Waals surface area contributed by atoms with Crippen LogP contribution in [0.3, 0.4) is 0 Å². The minimum atomic E-state index is 0.809. The summed E-state index contributed by atoms with van der Waals surface area (Å²) in [7, 11) is 0. The summed E-state index contributed by atoms with van der Waals surface area (Å²) in [6.07, 6.45) is 1.05. The minimum absolute atomic E-state index is 0.809. The summed E-state index contributed by atoms with van der Waals surface area (Å²) in [6, 6.07) is 3.20. The number of ether oxygens (including phenoxy) is 1. The molecule has 0 saturated heterocycles. The maximum atomic E-state index is 5.24. The van der Waals surface area contributed by atoms with E-state index in [-0.39, 0.29) is 0 Å². The molecular weight excluding hydrogens is 132 g/mol. The average molecular weight is 139 g/mol. The normalized spacial score (nSPS) is 17.3. The van der Waals surface area contributed by atoms with Crippen molar-refractivity contribution in [2.45, 2.75) is 13.0 Å². The topological polar surface area (TPSA) is 9.23 Å². The van der Waals surface area contributed by atoms with Gasteiger partial charge in [-0.2, -0.15) is 0 Å². The largest absolute Gasteiger partial charge is 0.376 e. The monoisotopic (exact) mass is 139 g/mol. The van der Waals surface area contributed by atoms with Gasteiger partial charge in [0.1, 0.15) is 0 Å². The van der Waals surface area contributed by atoms with E-state index < -0.39 is 0 Å². The van der Waals surface area contributed by atoms with Gasteiger partial charge in [-0.3, -0.25) is 0 Å². The summed E-state index contributed by atoms with van der Waals surface area (Å²) >= 11 is 1.74. The van der Waals surface area contributed by atoms with E-state index in [0.29, 0.717) is 0 Å². The molecule has 0 aromatic carbocycles. The molecule has 1 nitrogen and oxygen atoms in total. The van der Waals surface area contributed by atoms with E-state index in [0.717, 1.165) is 19.6 Å². The maximum Gasteiger partial charge on any atom is 0.0812 e. The van der Waals surface area contributed by atoms with E-state index in [1.54, 1.807) is 11.3 Å². The Morgan fingerprint density at radius 2 is 2.67 bits per heavy atom. The second-order valence-corrected chi connectivity index (χ2v) is 3.05. The van der Waals surface area contributed by atoms with Gasteiger partial charge in [-0.15, -0.1) is 11.3 Å². The number of thiophene rings is 1. The molecule has 2 heteroatoms. The van der Waals surface area contributed by atoms with Gasteiger partial charge in [0.2, 0.25) is 0 Å². The Morgan fingerprint density at radius 3 is 3.56 bits per heavy atom. The summed E-state index contributed by atoms with van der Waals surface area (Å²) in [4.78, 5) is 1.36. The zero-order valence-electron chi connectivity index (χ0n) is 5.02. The summed E-state index contributed by atoms with van der Waals surface area (Å²) < 4.78 is 5.24. The molecule has 1 aliphatic heterocycles. The molecule has 0 N–H and O–H groups in total. The molecule has 9 heavy (non-hydrogen) atoms. The van der Waals surface area contributed by atoms with Gasteiger partial charge in [-0.1, -0.05) is 0 Å². The summed E-state index contributed by atoms with van der Waals surface area (Å²) in [5, 5.41) is 2.01. The fraction of sp³-hybridized carbons (Fsp3) is 0.429. The van der Waals surface area contributed by atoms with E-state index in [9.17, 15) is 0 Å². The van der Waals surface area contributed by atoms with Gasteiger partial charge in [0.05, 0.1) is 13.2 Å². The zero-order chi connectivity index (χ0) is 6.10. The van der Waals surface area contributed by atoms with Gasteiger partial charge in [0, 0.05) is 4.88 Å². The molecule has 1 aromatic rings. The fourth-order valence-electron chi connectivity index (χ4n) is 0.995. The van der Waals surface area contributed by atoms with Crippen molar-refractivity contribution in [2.75, 3.05) is 6.61 Å². The van der Waals surface area contributed by atoms with Crippen LogP contribution in [0.25, 0.3) is 0 Å². The van der Waals surface area contributed by atoms with Crippen molar-refractivity contribution in [1.29, 1.82) is 0 Å². The highest BCUT2D eigenvalue weighted by Crippen LogP contribution is 2.20. The van der Waals surface area contributed by atoms with E-state index in [1.165, 1.54) is 10.4 Å². The van der Waals surface area contributed by atoms with Crippen LogP contribution in [0.4, 0.5) is 0 Å². The second kappa shape index (κ2) is 2.12. The van der Waals surface area contributed by atoms with Gasteiger partial charge in [0.15, 0.2) is 0 Å². The first-order chi connectivity index (χ1) is 4.47. The Hall–Kier alpha value is -0.340. The highest BCUT2D eigenvalue weighted by Gasteiger charge is 2.08. The average Bonchev–Trinajstić information content (AvgIpc) is 2.33. The first-order valence-corrected chi connectivity index (χ1v) is 3.89. The lowest BCUT2D eigenvalue weighted by Gasteiger charge is -2.10. The van der Waals surface area contributed by atoms with Crippen LogP contribution in [-0.2, 0) is 17.8 Å². The lowest BCUT2D eigenvalue weighted by molar-refractivity contribution is 0.113. The SMILES string of the molecule is [c]1csc2c1CCOC2. The van der Waals surface area contributed by atoms with Crippen molar-refractivity contribution in [3.63, 3.8) is 0 Å². The Labute approximate surface area is 58.3 Å². The molecule has 1 aliphatic rings. The van der Waals surface area contributed by atoms with E-state index >= 15 is 0 Å².